The molecule has 0 amide bonds. The lowest BCUT2D eigenvalue weighted by atomic mass is 9.87. The molecule has 0 aliphatic carbocycles. The molecule has 0 unspecified atom stereocenters. The third-order valence-electron chi connectivity index (χ3n) is 7.12. The minimum absolute atomic E-state index is 0.209. The summed E-state index contributed by atoms with van der Waals surface area (Å²) < 4.78 is 0. The van der Waals surface area contributed by atoms with Crippen molar-refractivity contribution in [2.24, 2.45) is 9.98 Å². The molecule has 0 fully saturated rings. The smallest absolute Gasteiger partial charge is 0.0998 e. The maximum Gasteiger partial charge on any atom is 0.0998 e. The summed E-state index contributed by atoms with van der Waals surface area (Å²) in [6, 6.07) is 25.5. The van der Waals surface area contributed by atoms with E-state index in [4.69, 9.17) is 9.97 Å². The van der Waals surface area contributed by atoms with Gasteiger partial charge in [0.1, 0.15) is 0 Å². The second-order valence-corrected chi connectivity index (χ2v) is 12.9. The van der Waals surface area contributed by atoms with Crippen molar-refractivity contribution in [3.8, 4) is 33.6 Å². The number of benzene rings is 4. The first-order chi connectivity index (χ1) is 21.1. The highest BCUT2D eigenvalue weighted by atomic mass is 14.9. The van der Waals surface area contributed by atoms with Crippen LogP contribution in [0, 0.1) is 0 Å². The van der Waals surface area contributed by atoms with E-state index in [2.05, 4.69) is 128 Å². The molecule has 0 saturated carbocycles. The molecule has 0 aliphatic heterocycles. The molecule has 218 valence electrons. The fraction of sp³-hybridized carbons (Fsp3) is 0.211. The topological polar surface area (TPSA) is 76.3 Å². The maximum atomic E-state index is 5.06. The van der Waals surface area contributed by atoms with Crippen LogP contribution >= 0.6 is 0 Å². The largest absolute Gasteiger partial charge is 0.285 e. The van der Waals surface area contributed by atoms with Crippen LogP contribution in [0.3, 0.4) is 0 Å². The molecule has 0 bridgehead atoms. The first-order valence-electron chi connectivity index (χ1n) is 14.8. The van der Waals surface area contributed by atoms with Gasteiger partial charge in [-0.05, 0) is 80.3 Å². The van der Waals surface area contributed by atoms with Gasteiger partial charge in [-0.2, -0.15) is 0 Å². The van der Waals surface area contributed by atoms with Gasteiger partial charge in [-0.3, -0.25) is 20.0 Å². The molecule has 2 aromatic heterocycles. The predicted octanol–water partition coefficient (Wildman–Crippen LogP) is 9.01. The zero-order chi connectivity index (χ0) is 30.9. The van der Waals surface area contributed by atoms with Gasteiger partial charge >= 0.3 is 0 Å². The second-order valence-electron chi connectivity index (χ2n) is 12.9. The standard InChI is InChI=1S/C38H36N6/c1-37(2,3)41-21-27-19-39-23-33(43-27)35-29-14-10-11-15-30(29)36(34-24-40-20-28(44-34)22-42-38(4,5)6)32-18-26(16-17-31(32)35)25-12-8-7-9-13-25/h7-24H,1-6H3. The summed E-state index contributed by atoms with van der Waals surface area (Å²) in [5.74, 6) is 0. The Morgan fingerprint density at radius 1 is 0.500 bits per heavy atom. The van der Waals surface area contributed by atoms with E-state index in [0.29, 0.717) is 0 Å². The molecule has 0 radical (unpaired) electrons. The predicted molar refractivity (Wildman–Crippen MR) is 184 cm³/mol. The molecule has 6 rings (SSSR count). The van der Waals surface area contributed by atoms with Crippen molar-refractivity contribution < 1.29 is 0 Å². The van der Waals surface area contributed by atoms with Gasteiger partial charge in [0, 0.05) is 23.6 Å². The van der Waals surface area contributed by atoms with E-state index in [1.54, 1.807) is 12.4 Å². The summed E-state index contributed by atoms with van der Waals surface area (Å²) in [6.45, 7) is 12.4. The molecule has 44 heavy (non-hydrogen) atoms. The van der Waals surface area contributed by atoms with Crippen LogP contribution in [0.2, 0.25) is 0 Å². The van der Waals surface area contributed by atoms with Crippen molar-refractivity contribution in [2.45, 2.75) is 52.6 Å². The van der Waals surface area contributed by atoms with Crippen LogP contribution in [-0.4, -0.2) is 43.4 Å². The number of rotatable bonds is 5. The SMILES string of the molecule is CC(C)(C)N=Cc1cncc(-c2c3ccccc3c(-c3cncc(C=NC(C)(C)C)n3)c3cc(-c4ccccc4)ccc23)n1. The summed E-state index contributed by atoms with van der Waals surface area (Å²) in [4.78, 5) is 28.6. The van der Waals surface area contributed by atoms with Crippen LogP contribution in [0.25, 0.3) is 55.2 Å². The lowest BCUT2D eigenvalue weighted by molar-refractivity contribution is 0.586. The summed E-state index contributed by atoms with van der Waals surface area (Å²) >= 11 is 0. The average molecular weight is 577 g/mol. The van der Waals surface area contributed by atoms with Crippen LogP contribution in [0.5, 0.6) is 0 Å². The Morgan fingerprint density at radius 2 is 0.977 bits per heavy atom. The van der Waals surface area contributed by atoms with E-state index in [0.717, 1.165) is 66.6 Å². The van der Waals surface area contributed by atoms with Gasteiger partial charge in [-0.25, -0.2) is 9.97 Å². The number of hydrogen-bond acceptors (Lipinski definition) is 6. The molecular formula is C38H36N6. The van der Waals surface area contributed by atoms with Gasteiger partial charge in [-0.15, -0.1) is 0 Å². The zero-order valence-corrected chi connectivity index (χ0v) is 26.1. The lowest BCUT2D eigenvalue weighted by Gasteiger charge is -2.18. The first-order valence-corrected chi connectivity index (χ1v) is 14.8. The summed E-state index contributed by atoms with van der Waals surface area (Å²) in [5.41, 5.74) is 6.91. The number of nitrogens with zero attached hydrogens (tertiary/aromatic N) is 6. The molecule has 0 saturated heterocycles. The van der Waals surface area contributed by atoms with E-state index in [-0.39, 0.29) is 11.1 Å². The molecule has 0 spiro atoms. The van der Waals surface area contributed by atoms with Gasteiger partial charge in [0.25, 0.3) is 0 Å². The number of hydrogen-bond donors (Lipinski definition) is 0. The Labute approximate surface area is 258 Å². The summed E-state index contributed by atoms with van der Waals surface area (Å²) in [6.07, 6.45) is 10.8. The molecule has 0 N–H and O–H groups in total. The van der Waals surface area contributed by atoms with Crippen LogP contribution in [0.15, 0.2) is 108 Å². The van der Waals surface area contributed by atoms with E-state index >= 15 is 0 Å². The fourth-order valence-corrected chi connectivity index (χ4v) is 5.19. The Hall–Kier alpha value is -5.10. The highest BCUT2D eigenvalue weighted by molar-refractivity contribution is 6.21. The molecular weight excluding hydrogens is 540 g/mol. The molecule has 6 heteroatoms. The zero-order valence-electron chi connectivity index (χ0n) is 26.1. The Morgan fingerprint density at radius 3 is 1.50 bits per heavy atom. The summed E-state index contributed by atoms with van der Waals surface area (Å²) in [5, 5.41) is 4.26. The van der Waals surface area contributed by atoms with Crippen LogP contribution in [0.1, 0.15) is 52.9 Å². The monoisotopic (exact) mass is 576 g/mol. The minimum atomic E-state index is -0.212. The maximum absolute atomic E-state index is 5.06. The first kappa shape index (κ1) is 29.0. The van der Waals surface area contributed by atoms with Gasteiger partial charge in [0.05, 0.1) is 58.6 Å². The van der Waals surface area contributed by atoms with Crippen molar-refractivity contribution in [1.82, 2.24) is 19.9 Å². The molecule has 6 aromatic rings. The van der Waals surface area contributed by atoms with Gasteiger partial charge in [-0.1, -0.05) is 66.7 Å². The minimum Gasteiger partial charge on any atom is -0.285 e. The second kappa shape index (κ2) is 11.5. The van der Waals surface area contributed by atoms with Crippen LogP contribution in [0.4, 0.5) is 0 Å². The summed E-state index contributed by atoms with van der Waals surface area (Å²) in [7, 11) is 0. The van der Waals surface area contributed by atoms with E-state index in [1.165, 1.54) is 0 Å². The molecule has 0 aliphatic rings. The highest BCUT2D eigenvalue weighted by Gasteiger charge is 2.20. The number of aliphatic imine (C=N–C) groups is 2. The van der Waals surface area contributed by atoms with Gasteiger partial charge < -0.3 is 0 Å². The van der Waals surface area contributed by atoms with Crippen molar-refractivity contribution in [1.29, 1.82) is 0 Å². The number of fused-ring (bicyclic) bond motifs is 2. The fourth-order valence-electron chi connectivity index (χ4n) is 5.19. The van der Waals surface area contributed by atoms with E-state index in [9.17, 15) is 0 Å². The van der Waals surface area contributed by atoms with Crippen molar-refractivity contribution in [3.63, 3.8) is 0 Å². The average Bonchev–Trinajstić information content (AvgIpc) is 3.01. The Bertz CT molecular complexity index is 2030. The Kier molecular flexibility index (Phi) is 7.60. The third-order valence-corrected chi connectivity index (χ3v) is 7.12. The molecule has 6 nitrogen and oxygen atoms in total. The highest BCUT2D eigenvalue weighted by Crippen LogP contribution is 2.43. The van der Waals surface area contributed by atoms with Crippen molar-refractivity contribution in [3.05, 3.63) is 109 Å². The number of aromatic nitrogens is 4. The van der Waals surface area contributed by atoms with Gasteiger partial charge in [0.15, 0.2) is 0 Å². The molecule has 4 aromatic carbocycles. The normalized spacial score (nSPS) is 12.6. The molecule has 2 heterocycles. The van der Waals surface area contributed by atoms with E-state index in [1.807, 2.05) is 30.9 Å². The quantitative estimate of drug-likeness (QED) is 0.152. The Balaban J connectivity index is 1.66. The third kappa shape index (κ3) is 6.30. The van der Waals surface area contributed by atoms with Crippen LogP contribution in [-0.2, 0) is 0 Å². The van der Waals surface area contributed by atoms with Crippen molar-refractivity contribution in [2.75, 3.05) is 0 Å². The van der Waals surface area contributed by atoms with Gasteiger partial charge in [0.2, 0.25) is 0 Å². The lowest BCUT2D eigenvalue weighted by Crippen LogP contribution is -2.10. The van der Waals surface area contributed by atoms with E-state index < -0.39 is 0 Å². The molecule has 0 atom stereocenters. The van der Waals surface area contributed by atoms with Crippen molar-refractivity contribution >= 4 is 34.0 Å². The van der Waals surface area contributed by atoms with Crippen LogP contribution < -0.4 is 0 Å².